The number of fused-ring (bicyclic) bond motifs is 1. The standard InChI is InChI=1S/C35H39N7O7S/c1-5-23-17-35(23,34(45)40-50(46,47)26-7-8-26)41-19-25(49-31-27-9-6-24(48-4)15-22(27)11-13-39-31)16-28(41)32(43)42(33(44)30(37)20(2)3)29-14-21(18-36)10-12-38-29/h5-6,9-15,20,23,25-26,28,30H,1,7-8,16-17,19,37H2,2-4H3,(H,40,45)/t23-,25-,28+,30+,35-/m1/s1. The first-order valence-corrected chi connectivity index (χ1v) is 17.9. The van der Waals surface area contributed by atoms with Gasteiger partial charge in [-0.05, 0) is 67.0 Å². The van der Waals surface area contributed by atoms with E-state index in [1.807, 2.05) is 12.1 Å². The summed E-state index contributed by atoms with van der Waals surface area (Å²) in [6, 6.07) is 9.69. The molecule has 1 aliphatic heterocycles. The summed E-state index contributed by atoms with van der Waals surface area (Å²) in [5.74, 6) is -2.30. The molecule has 0 spiro atoms. The van der Waals surface area contributed by atoms with Crippen molar-refractivity contribution in [2.24, 2.45) is 17.6 Å². The molecule has 0 radical (unpaired) electrons. The first kappa shape index (κ1) is 34.9. The van der Waals surface area contributed by atoms with E-state index in [1.54, 1.807) is 56.3 Å². The number of nitrogens with zero attached hydrogens (tertiary/aromatic N) is 5. The minimum atomic E-state index is -3.94. The number of nitriles is 1. The van der Waals surface area contributed by atoms with Crippen LogP contribution in [0.15, 0.2) is 61.4 Å². The van der Waals surface area contributed by atoms with Crippen LogP contribution in [0.1, 0.15) is 45.1 Å². The largest absolute Gasteiger partial charge is 0.497 e. The van der Waals surface area contributed by atoms with Gasteiger partial charge in [-0.2, -0.15) is 5.26 Å². The van der Waals surface area contributed by atoms with Crippen LogP contribution in [-0.4, -0.2) is 83.6 Å². The zero-order chi connectivity index (χ0) is 36.0. The third kappa shape index (κ3) is 6.41. The van der Waals surface area contributed by atoms with Crippen LogP contribution in [0.3, 0.4) is 0 Å². The van der Waals surface area contributed by atoms with Crippen LogP contribution in [0, 0.1) is 23.2 Å². The van der Waals surface area contributed by atoms with Crippen LogP contribution in [-0.2, 0) is 24.4 Å². The lowest BCUT2D eigenvalue weighted by Crippen LogP contribution is -2.60. The number of nitrogens with two attached hydrogens (primary N) is 1. The summed E-state index contributed by atoms with van der Waals surface area (Å²) < 4.78 is 40.0. The SMILES string of the molecule is C=C[C@@H]1C[C@@]1(C(=O)NS(=O)(=O)C1CC1)N1C[C@H](Oc2nccc3cc(OC)ccc23)C[C@H]1C(=O)N(C(=O)[C@@H](N)C(C)C)c1cc(C#N)ccn1. The fourth-order valence-electron chi connectivity index (χ4n) is 6.55. The zero-order valence-electron chi connectivity index (χ0n) is 28.0. The van der Waals surface area contributed by atoms with E-state index in [2.05, 4.69) is 21.3 Å². The Morgan fingerprint density at radius 2 is 1.92 bits per heavy atom. The predicted molar refractivity (Wildman–Crippen MR) is 183 cm³/mol. The monoisotopic (exact) mass is 701 g/mol. The van der Waals surface area contributed by atoms with Crippen LogP contribution < -0.4 is 24.8 Å². The van der Waals surface area contributed by atoms with E-state index in [0.29, 0.717) is 24.0 Å². The van der Waals surface area contributed by atoms with Crippen LogP contribution in [0.5, 0.6) is 11.6 Å². The number of hydrogen-bond acceptors (Lipinski definition) is 12. The molecule has 3 N–H and O–H groups in total. The average Bonchev–Trinajstić information content (AvgIpc) is 4.04. The summed E-state index contributed by atoms with van der Waals surface area (Å²) in [7, 11) is -2.38. The summed E-state index contributed by atoms with van der Waals surface area (Å²) >= 11 is 0. The van der Waals surface area contributed by atoms with Gasteiger partial charge in [-0.1, -0.05) is 19.9 Å². The molecule has 262 valence electrons. The highest BCUT2D eigenvalue weighted by Gasteiger charge is 2.67. The number of likely N-dealkylation sites (tertiary alicyclic amines) is 1. The summed E-state index contributed by atoms with van der Waals surface area (Å²) in [5.41, 5.74) is 4.99. The van der Waals surface area contributed by atoms with Gasteiger partial charge < -0.3 is 15.2 Å². The van der Waals surface area contributed by atoms with Crippen molar-refractivity contribution < 1.29 is 32.3 Å². The van der Waals surface area contributed by atoms with Gasteiger partial charge in [-0.25, -0.2) is 23.3 Å². The van der Waals surface area contributed by atoms with Crippen molar-refractivity contribution in [2.45, 2.75) is 68.5 Å². The Kier molecular flexibility index (Phi) is 9.38. The highest BCUT2D eigenvalue weighted by atomic mass is 32.2. The Bertz CT molecular complexity index is 2010. The molecule has 2 aliphatic carbocycles. The van der Waals surface area contributed by atoms with Crippen LogP contribution in [0.25, 0.3) is 10.8 Å². The maximum absolute atomic E-state index is 14.8. The van der Waals surface area contributed by atoms with Gasteiger partial charge >= 0.3 is 0 Å². The second-order valence-corrected chi connectivity index (χ2v) is 15.3. The van der Waals surface area contributed by atoms with E-state index in [0.717, 1.165) is 10.3 Å². The number of hydrogen-bond donors (Lipinski definition) is 2. The number of carbonyl (C=O) groups excluding carboxylic acids is 3. The van der Waals surface area contributed by atoms with Gasteiger partial charge in [0.25, 0.3) is 17.7 Å². The van der Waals surface area contributed by atoms with Gasteiger partial charge in [0.1, 0.15) is 23.2 Å². The Morgan fingerprint density at radius 3 is 2.56 bits per heavy atom. The molecular formula is C35H39N7O7S. The number of aromatic nitrogens is 2. The van der Waals surface area contributed by atoms with Crippen molar-refractivity contribution in [1.82, 2.24) is 19.6 Å². The fraction of sp³-hybridized carbons (Fsp3) is 0.429. The Balaban J connectivity index is 1.42. The second kappa shape index (κ2) is 13.4. The summed E-state index contributed by atoms with van der Waals surface area (Å²) in [6.07, 6.45) is 4.82. The normalized spacial score (nSPS) is 23.9. The predicted octanol–water partition coefficient (Wildman–Crippen LogP) is 2.43. The van der Waals surface area contributed by atoms with Crippen molar-refractivity contribution in [2.75, 3.05) is 18.6 Å². The zero-order valence-corrected chi connectivity index (χ0v) is 28.8. The lowest BCUT2D eigenvalue weighted by Gasteiger charge is -2.35. The smallest absolute Gasteiger partial charge is 0.254 e. The molecule has 3 aromatic rings. The summed E-state index contributed by atoms with van der Waals surface area (Å²) in [4.78, 5) is 54.0. The Morgan fingerprint density at radius 1 is 1.18 bits per heavy atom. The minimum Gasteiger partial charge on any atom is -0.497 e. The highest BCUT2D eigenvalue weighted by molar-refractivity contribution is 7.91. The number of amides is 3. The van der Waals surface area contributed by atoms with E-state index in [-0.39, 0.29) is 42.6 Å². The number of nitrogens with one attached hydrogen (secondary N) is 1. The molecule has 15 heteroatoms. The fourth-order valence-corrected chi connectivity index (χ4v) is 7.91. The lowest BCUT2D eigenvalue weighted by molar-refractivity contribution is -0.133. The van der Waals surface area contributed by atoms with E-state index >= 15 is 0 Å². The maximum Gasteiger partial charge on any atom is 0.254 e. The number of ether oxygens (including phenoxy) is 2. The van der Waals surface area contributed by atoms with Gasteiger partial charge in [0.05, 0.1) is 36.1 Å². The van der Waals surface area contributed by atoms with Crippen molar-refractivity contribution in [3.63, 3.8) is 0 Å². The second-order valence-electron chi connectivity index (χ2n) is 13.3. The number of carbonyl (C=O) groups is 3. The molecule has 0 bridgehead atoms. The molecule has 1 saturated heterocycles. The molecule has 2 saturated carbocycles. The number of pyridine rings is 2. The molecule has 1 aromatic carbocycles. The first-order chi connectivity index (χ1) is 23.8. The van der Waals surface area contributed by atoms with Crippen LogP contribution in [0.2, 0.25) is 0 Å². The highest BCUT2D eigenvalue weighted by Crippen LogP contribution is 2.53. The maximum atomic E-state index is 14.8. The number of imide groups is 1. The van der Waals surface area contributed by atoms with Crippen molar-refractivity contribution in [3.05, 3.63) is 67.0 Å². The summed E-state index contributed by atoms with van der Waals surface area (Å²) in [6.45, 7) is 7.36. The van der Waals surface area contributed by atoms with Gasteiger partial charge in [-0.15, -0.1) is 6.58 Å². The van der Waals surface area contributed by atoms with E-state index in [9.17, 15) is 28.1 Å². The molecule has 0 unspecified atom stereocenters. The van der Waals surface area contributed by atoms with Gasteiger partial charge in [0, 0.05) is 36.7 Å². The first-order valence-electron chi connectivity index (χ1n) is 16.4. The molecule has 3 heterocycles. The molecule has 2 aromatic heterocycles. The number of anilines is 1. The van der Waals surface area contributed by atoms with E-state index in [1.165, 1.54) is 18.3 Å². The van der Waals surface area contributed by atoms with Gasteiger partial charge in [0.2, 0.25) is 15.9 Å². The van der Waals surface area contributed by atoms with Crippen molar-refractivity contribution in [3.8, 4) is 17.7 Å². The van der Waals surface area contributed by atoms with Gasteiger partial charge in [-0.3, -0.25) is 24.0 Å². The third-order valence-electron chi connectivity index (χ3n) is 9.68. The quantitative estimate of drug-likeness (QED) is 0.262. The molecule has 3 fully saturated rings. The third-order valence-corrected chi connectivity index (χ3v) is 11.5. The van der Waals surface area contributed by atoms with Gasteiger partial charge in [0.15, 0.2) is 0 Å². The molecule has 50 heavy (non-hydrogen) atoms. The van der Waals surface area contributed by atoms with Crippen LogP contribution >= 0.6 is 0 Å². The van der Waals surface area contributed by atoms with E-state index < -0.39 is 62.6 Å². The van der Waals surface area contributed by atoms with Crippen molar-refractivity contribution in [1.29, 1.82) is 5.26 Å². The van der Waals surface area contributed by atoms with Crippen LogP contribution in [0.4, 0.5) is 5.82 Å². The Hall–Kier alpha value is -4.91. The molecule has 6 rings (SSSR count). The molecule has 14 nitrogen and oxygen atoms in total. The molecule has 3 aliphatic rings. The molecule has 3 amide bonds. The minimum absolute atomic E-state index is 0.0000388. The summed E-state index contributed by atoms with van der Waals surface area (Å²) in [5, 5.41) is 10.4. The lowest BCUT2D eigenvalue weighted by atomic mass is 10.0. The number of benzene rings is 1. The number of sulfonamides is 1. The topological polar surface area (TPSA) is 198 Å². The average molecular weight is 702 g/mol. The number of methoxy groups -OCH3 is 1. The molecular weight excluding hydrogens is 662 g/mol. The van der Waals surface area contributed by atoms with E-state index in [4.69, 9.17) is 15.2 Å². The molecule has 5 atom stereocenters. The Labute approximate surface area is 290 Å². The number of rotatable bonds is 12. The van der Waals surface area contributed by atoms with Crippen molar-refractivity contribution >= 4 is 44.3 Å².